The number of aryl methyl sites for hydroxylation is 4. The first-order valence-electron chi connectivity index (χ1n) is 14.4. The number of piperazine rings is 1. The molecule has 3 N–H and O–H groups in total. The summed E-state index contributed by atoms with van der Waals surface area (Å²) in [6.45, 7) is 10.4. The van der Waals surface area contributed by atoms with Gasteiger partial charge in [0.25, 0.3) is 5.91 Å². The van der Waals surface area contributed by atoms with Gasteiger partial charge in [0, 0.05) is 66.9 Å². The smallest absolute Gasteiger partial charge is 0.257 e. The lowest BCUT2D eigenvalue weighted by Gasteiger charge is -2.30. The van der Waals surface area contributed by atoms with E-state index in [1.165, 1.54) is 5.69 Å². The number of nitrogens with zero attached hydrogens (tertiary/aromatic N) is 4. The lowest BCUT2D eigenvalue weighted by molar-refractivity contribution is 0.102. The Bertz CT molecular complexity index is 1530. The van der Waals surface area contributed by atoms with E-state index >= 15 is 0 Å². The number of carbonyl (C=O) groups excluding carboxylic acids is 1. The van der Waals surface area contributed by atoms with Crippen molar-refractivity contribution >= 4 is 28.9 Å². The molecule has 0 bridgehead atoms. The van der Waals surface area contributed by atoms with Gasteiger partial charge < -0.3 is 25.4 Å². The topological polar surface area (TPSA) is 87.1 Å². The Kier molecular flexibility index (Phi) is 7.26. The van der Waals surface area contributed by atoms with Gasteiger partial charge in [0.05, 0.1) is 5.56 Å². The minimum Gasteiger partial charge on any atom is -0.369 e. The van der Waals surface area contributed by atoms with Crippen LogP contribution in [0.1, 0.15) is 52.2 Å². The number of nitrogens with one attached hydrogen (secondary N) is 3. The highest BCUT2D eigenvalue weighted by molar-refractivity contribution is 6.06. The number of anilines is 4. The summed E-state index contributed by atoms with van der Waals surface area (Å²) in [7, 11) is 0. The van der Waals surface area contributed by atoms with Crippen LogP contribution >= 0.6 is 0 Å². The number of fused-ring (bicyclic) bond motifs is 3. The van der Waals surface area contributed by atoms with Crippen LogP contribution in [0.4, 0.5) is 23.0 Å². The molecule has 6 rings (SSSR count). The number of carbonyl (C=O) groups is 1. The molecule has 4 aromatic rings. The first-order valence-corrected chi connectivity index (χ1v) is 14.4. The molecular weight excluding hydrogens is 498 g/mol. The van der Waals surface area contributed by atoms with E-state index in [2.05, 4.69) is 83.0 Å². The van der Waals surface area contributed by atoms with Gasteiger partial charge in [0.15, 0.2) is 0 Å². The van der Waals surface area contributed by atoms with Gasteiger partial charge >= 0.3 is 0 Å². The molecule has 0 unspecified atom stereocenters. The number of benzene rings is 2. The molecule has 2 aromatic heterocycles. The zero-order chi connectivity index (χ0) is 27.6. The number of rotatable bonds is 7. The predicted octanol–water partition coefficient (Wildman–Crippen LogP) is 5.20. The molecule has 0 atom stereocenters. The molecule has 0 aliphatic carbocycles. The molecule has 1 amide bonds. The first-order chi connectivity index (χ1) is 19.6. The van der Waals surface area contributed by atoms with Crippen LogP contribution in [0.2, 0.25) is 0 Å². The molecule has 1 fully saturated rings. The van der Waals surface area contributed by atoms with Gasteiger partial charge in [-0.2, -0.15) is 4.98 Å². The zero-order valence-corrected chi connectivity index (χ0v) is 23.6. The minimum absolute atomic E-state index is 0.0691. The summed E-state index contributed by atoms with van der Waals surface area (Å²) in [5, 5.41) is 10.1. The van der Waals surface area contributed by atoms with E-state index in [-0.39, 0.29) is 5.91 Å². The highest BCUT2D eigenvalue weighted by atomic mass is 16.1. The first kappa shape index (κ1) is 26.1. The summed E-state index contributed by atoms with van der Waals surface area (Å²) in [5.41, 5.74) is 9.41. The average Bonchev–Trinajstić information content (AvgIpc) is 3.44. The van der Waals surface area contributed by atoms with Crippen LogP contribution in [0, 0.1) is 6.92 Å². The maximum atomic E-state index is 13.5. The van der Waals surface area contributed by atoms with Crippen LogP contribution in [-0.4, -0.2) is 46.6 Å². The lowest BCUT2D eigenvalue weighted by atomic mass is 10.0. The van der Waals surface area contributed by atoms with Crippen molar-refractivity contribution < 1.29 is 4.79 Å². The minimum atomic E-state index is -0.0691. The zero-order valence-electron chi connectivity index (χ0n) is 23.6. The van der Waals surface area contributed by atoms with Crippen molar-refractivity contribution in [3.05, 3.63) is 88.4 Å². The number of hydrogen-bond donors (Lipinski definition) is 3. The van der Waals surface area contributed by atoms with Gasteiger partial charge in [0.1, 0.15) is 5.82 Å². The lowest BCUT2D eigenvalue weighted by Crippen LogP contribution is -2.43. The molecule has 0 spiro atoms. The molecule has 2 aliphatic rings. The van der Waals surface area contributed by atoms with Crippen LogP contribution in [0.25, 0.3) is 5.82 Å². The van der Waals surface area contributed by atoms with E-state index in [0.717, 1.165) is 97.0 Å². The quantitative estimate of drug-likeness (QED) is 0.301. The summed E-state index contributed by atoms with van der Waals surface area (Å²) in [6, 6.07) is 14.7. The number of aromatic nitrogens is 3. The molecule has 2 aromatic carbocycles. The predicted molar refractivity (Wildman–Crippen MR) is 161 cm³/mol. The fourth-order valence-corrected chi connectivity index (χ4v) is 5.83. The normalized spacial score (nSPS) is 14.4. The van der Waals surface area contributed by atoms with Gasteiger partial charge in [-0.1, -0.05) is 32.0 Å². The Hall–Kier alpha value is -4.17. The van der Waals surface area contributed by atoms with E-state index < -0.39 is 0 Å². The molecule has 206 valence electrons. The van der Waals surface area contributed by atoms with Crippen molar-refractivity contribution in [2.24, 2.45) is 0 Å². The third kappa shape index (κ3) is 4.95. The van der Waals surface area contributed by atoms with Gasteiger partial charge in [0.2, 0.25) is 5.95 Å². The molecule has 2 aliphatic heterocycles. The second-order valence-electron chi connectivity index (χ2n) is 10.6. The van der Waals surface area contributed by atoms with E-state index in [4.69, 9.17) is 4.98 Å². The Morgan fingerprint density at radius 3 is 2.52 bits per heavy atom. The summed E-state index contributed by atoms with van der Waals surface area (Å²) in [5.74, 6) is 1.31. The highest BCUT2D eigenvalue weighted by Crippen LogP contribution is 2.30. The largest absolute Gasteiger partial charge is 0.369 e. The van der Waals surface area contributed by atoms with Crippen molar-refractivity contribution in [1.29, 1.82) is 0 Å². The molecule has 4 heterocycles. The second-order valence-corrected chi connectivity index (χ2v) is 10.6. The van der Waals surface area contributed by atoms with Crippen molar-refractivity contribution in [3.63, 3.8) is 0 Å². The monoisotopic (exact) mass is 535 g/mol. The van der Waals surface area contributed by atoms with Crippen LogP contribution < -0.4 is 20.9 Å². The molecule has 40 heavy (non-hydrogen) atoms. The fraction of sp³-hybridized carbons (Fsp3) is 0.344. The van der Waals surface area contributed by atoms with Crippen LogP contribution in [0.5, 0.6) is 0 Å². The van der Waals surface area contributed by atoms with Crippen LogP contribution in [0.3, 0.4) is 0 Å². The Balaban J connectivity index is 1.24. The van der Waals surface area contributed by atoms with Crippen molar-refractivity contribution in [1.82, 2.24) is 19.9 Å². The fourth-order valence-electron chi connectivity index (χ4n) is 5.83. The Morgan fingerprint density at radius 2 is 1.80 bits per heavy atom. The third-order valence-electron chi connectivity index (χ3n) is 8.11. The summed E-state index contributed by atoms with van der Waals surface area (Å²) in [6.07, 6.45) is 7.16. The van der Waals surface area contributed by atoms with Crippen LogP contribution in [0.15, 0.2) is 54.9 Å². The van der Waals surface area contributed by atoms with Crippen molar-refractivity contribution in [3.8, 4) is 5.82 Å². The molecule has 8 nitrogen and oxygen atoms in total. The molecule has 8 heteroatoms. The van der Waals surface area contributed by atoms with E-state index in [1.54, 1.807) is 0 Å². The van der Waals surface area contributed by atoms with Gasteiger partial charge in [-0.3, -0.25) is 4.79 Å². The summed E-state index contributed by atoms with van der Waals surface area (Å²) < 4.78 is 2.05. The second kappa shape index (κ2) is 11.1. The number of para-hydroxylation sites is 1. The summed E-state index contributed by atoms with van der Waals surface area (Å²) >= 11 is 0. The van der Waals surface area contributed by atoms with E-state index in [9.17, 15) is 4.79 Å². The van der Waals surface area contributed by atoms with Crippen molar-refractivity contribution in [2.75, 3.05) is 41.7 Å². The average molecular weight is 536 g/mol. The van der Waals surface area contributed by atoms with E-state index in [1.807, 2.05) is 23.0 Å². The van der Waals surface area contributed by atoms with Gasteiger partial charge in [-0.15, -0.1) is 0 Å². The molecule has 0 saturated carbocycles. The van der Waals surface area contributed by atoms with E-state index in [0.29, 0.717) is 11.5 Å². The third-order valence-corrected chi connectivity index (χ3v) is 8.11. The maximum absolute atomic E-state index is 13.5. The Morgan fingerprint density at radius 1 is 1.02 bits per heavy atom. The molecular formula is C32H37N7O. The van der Waals surface area contributed by atoms with Gasteiger partial charge in [-0.05, 0) is 73.6 Å². The molecule has 1 saturated heterocycles. The van der Waals surface area contributed by atoms with Gasteiger partial charge in [-0.25, -0.2) is 4.98 Å². The van der Waals surface area contributed by atoms with Crippen molar-refractivity contribution in [2.45, 2.75) is 46.5 Å². The molecule has 0 radical (unpaired) electrons. The number of hydrogen-bond acceptors (Lipinski definition) is 6. The Labute approximate surface area is 235 Å². The highest BCUT2D eigenvalue weighted by Gasteiger charge is 2.25. The maximum Gasteiger partial charge on any atom is 0.257 e. The standard InChI is InChI=1S/C32H37N7O/c1-4-22-7-6-8-23(5-2)29(22)36-31(40)26-13-16-39-28(26)12-9-24-20-34-32(37-30(24)39)35-27-11-10-25(19-21(27)3)38-17-14-33-15-18-38/h6-8,10-11,13,16,19-20,33H,4-5,9,12,14-15,17-18H2,1-3H3,(H,36,40)(H,34,35,37). The summed E-state index contributed by atoms with van der Waals surface area (Å²) in [4.78, 5) is 25.4. The SMILES string of the molecule is CCc1cccc(CC)c1NC(=O)c1ccn2c1CCc1cnc(Nc3ccc(N4CCNCC4)cc3C)nc1-2. The number of amides is 1. The van der Waals surface area contributed by atoms with Crippen LogP contribution in [-0.2, 0) is 25.7 Å².